The molecule has 14 heavy (non-hydrogen) atoms. The third-order valence-electron chi connectivity index (χ3n) is 1.70. The van der Waals surface area contributed by atoms with E-state index in [0.29, 0.717) is 5.75 Å². The zero-order valence-electron chi connectivity index (χ0n) is 8.01. The molecule has 1 aromatic rings. The van der Waals surface area contributed by atoms with E-state index in [0.717, 1.165) is 5.75 Å². The van der Waals surface area contributed by atoms with Crippen LogP contribution in [0, 0.1) is 0 Å². The lowest BCUT2D eigenvalue weighted by Crippen LogP contribution is -2.14. The van der Waals surface area contributed by atoms with E-state index in [2.05, 4.69) is 0 Å². The summed E-state index contributed by atoms with van der Waals surface area (Å²) >= 11 is 0. The van der Waals surface area contributed by atoms with Gasteiger partial charge in [-0.05, 0) is 24.3 Å². The summed E-state index contributed by atoms with van der Waals surface area (Å²) < 4.78 is 10.2. The van der Waals surface area contributed by atoms with Crippen molar-refractivity contribution in [2.24, 2.45) is 0 Å². The van der Waals surface area contributed by atoms with Crippen molar-refractivity contribution in [2.45, 2.75) is 6.32 Å². The fourth-order valence-electron chi connectivity index (χ4n) is 0.954. The van der Waals surface area contributed by atoms with Gasteiger partial charge in [-0.25, -0.2) is 0 Å². The van der Waals surface area contributed by atoms with Crippen molar-refractivity contribution in [3.63, 3.8) is 0 Å². The van der Waals surface area contributed by atoms with E-state index in [1.807, 2.05) is 0 Å². The first kappa shape index (κ1) is 10.9. The molecule has 0 amide bonds. The molecule has 0 aliphatic rings. The van der Waals surface area contributed by atoms with Gasteiger partial charge in [-0.1, -0.05) is 0 Å². The minimum Gasteiger partial charge on any atom is -0.497 e. The van der Waals surface area contributed by atoms with E-state index in [1.54, 1.807) is 31.4 Å². The molecule has 0 aliphatic carbocycles. The SMILES string of the molecule is COc1ccc(OCCB(O)O)cc1. The Bertz CT molecular complexity index is 260. The minimum atomic E-state index is -1.31. The van der Waals surface area contributed by atoms with Gasteiger partial charge in [-0.3, -0.25) is 0 Å². The Kier molecular flexibility index (Phi) is 4.29. The zero-order valence-corrected chi connectivity index (χ0v) is 8.01. The Morgan fingerprint density at radius 3 is 2.21 bits per heavy atom. The average Bonchev–Trinajstić information content (AvgIpc) is 2.18. The van der Waals surface area contributed by atoms with Crippen LogP contribution >= 0.6 is 0 Å². The van der Waals surface area contributed by atoms with Gasteiger partial charge in [0.2, 0.25) is 0 Å². The Hall–Kier alpha value is -1.20. The van der Waals surface area contributed by atoms with Crippen LogP contribution in [0.15, 0.2) is 24.3 Å². The van der Waals surface area contributed by atoms with E-state index in [9.17, 15) is 0 Å². The molecule has 4 nitrogen and oxygen atoms in total. The second kappa shape index (κ2) is 5.52. The molecule has 0 saturated heterocycles. The van der Waals surface area contributed by atoms with Crippen molar-refractivity contribution < 1.29 is 19.5 Å². The van der Waals surface area contributed by atoms with Gasteiger partial charge in [0.25, 0.3) is 0 Å². The normalized spacial score (nSPS) is 9.64. The van der Waals surface area contributed by atoms with Crippen molar-refractivity contribution in [1.82, 2.24) is 0 Å². The molecule has 0 spiro atoms. The third kappa shape index (κ3) is 3.68. The highest BCUT2D eigenvalue weighted by Gasteiger charge is 2.05. The van der Waals surface area contributed by atoms with Crippen LogP contribution in [0.5, 0.6) is 11.5 Å². The van der Waals surface area contributed by atoms with Crippen molar-refractivity contribution in [1.29, 1.82) is 0 Å². The molecule has 5 heteroatoms. The quantitative estimate of drug-likeness (QED) is 0.675. The summed E-state index contributed by atoms with van der Waals surface area (Å²) in [7, 11) is 0.283. The third-order valence-corrected chi connectivity index (χ3v) is 1.70. The highest BCUT2D eigenvalue weighted by atomic mass is 16.5. The maximum absolute atomic E-state index is 8.57. The molecule has 0 atom stereocenters. The van der Waals surface area contributed by atoms with Crippen LogP contribution in [-0.4, -0.2) is 30.9 Å². The van der Waals surface area contributed by atoms with Crippen LogP contribution in [0.25, 0.3) is 0 Å². The molecule has 0 heterocycles. The topological polar surface area (TPSA) is 58.9 Å². The molecule has 0 aliphatic heterocycles. The molecule has 1 aromatic carbocycles. The summed E-state index contributed by atoms with van der Waals surface area (Å²) in [6.45, 7) is 0.282. The maximum atomic E-state index is 8.57. The first-order valence-corrected chi connectivity index (χ1v) is 4.35. The summed E-state index contributed by atoms with van der Waals surface area (Å²) in [5, 5.41) is 17.1. The van der Waals surface area contributed by atoms with Gasteiger partial charge in [0.15, 0.2) is 0 Å². The van der Waals surface area contributed by atoms with E-state index in [1.165, 1.54) is 0 Å². The predicted octanol–water partition coefficient (Wildman–Crippen LogP) is 0.547. The lowest BCUT2D eigenvalue weighted by Gasteiger charge is -2.06. The molecule has 0 bridgehead atoms. The van der Waals surface area contributed by atoms with E-state index in [4.69, 9.17) is 19.5 Å². The molecular weight excluding hydrogens is 183 g/mol. The molecule has 1 rings (SSSR count). The standard InChI is InChI=1S/C9H13BO4/c1-13-8-2-4-9(5-3-8)14-7-6-10(11)12/h2-5,11-12H,6-7H2,1H3. The Morgan fingerprint density at radius 1 is 1.14 bits per heavy atom. The Labute approximate surface area is 83.2 Å². The zero-order chi connectivity index (χ0) is 10.4. The smallest absolute Gasteiger partial charge is 0.454 e. The van der Waals surface area contributed by atoms with Crippen LogP contribution in [0.2, 0.25) is 6.32 Å². The number of hydrogen-bond acceptors (Lipinski definition) is 4. The molecule has 0 radical (unpaired) electrons. The van der Waals surface area contributed by atoms with Crippen LogP contribution in [0.1, 0.15) is 0 Å². The monoisotopic (exact) mass is 196 g/mol. The van der Waals surface area contributed by atoms with Gasteiger partial charge in [-0.15, -0.1) is 0 Å². The van der Waals surface area contributed by atoms with E-state index in [-0.39, 0.29) is 12.9 Å². The van der Waals surface area contributed by atoms with E-state index < -0.39 is 7.12 Å². The second-order valence-corrected chi connectivity index (χ2v) is 2.79. The summed E-state index contributed by atoms with van der Waals surface area (Å²) in [6, 6.07) is 7.10. The molecule has 0 fully saturated rings. The van der Waals surface area contributed by atoms with E-state index >= 15 is 0 Å². The molecule has 2 N–H and O–H groups in total. The average molecular weight is 196 g/mol. The van der Waals surface area contributed by atoms with Crippen molar-refractivity contribution >= 4 is 7.12 Å². The molecule has 0 aromatic heterocycles. The highest BCUT2D eigenvalue weighted by molar-refractivity contribution is 6.41. The number of hydrogen-bond donors (Lipinski definition) is 2. The van der Waals surface area contributed by atoms with Gasteiger partial charge >= 0.3 is 7.12 Å². The Morgan fingerprint density at radius 2 is 1.71 bits per heavy atom. The fourth-order valence-corrected chi connectivity index (χ4v) is 0.954. The van der Waals surface area contributed by atoms with Crippen LogP contribution in [0.3, 0.4) is 0 Å². The number of rotatable bonds is 5. The van der Waals surface area contributed by atoms with Crippen molar-refractivity contribution in [3.05, 3.63) is 24.3 Å². The Balaban J connectivity index is 2.36. The summed E-state index contributed by atoms with van der Waals surface area (Å²) in [4.78, 5) is 0. The lowest BCUT2D eigenvalue weighted by atomic mass is 9.87. The minimum absolute atomic E-state index is 0.200. The van der Waals surface area contributed by atoms with Gasteiger partial charge in [0, 0.05) is 6.32 Å². The lowest BCUT2D eigenvalue weighted by molar-refractivity contribution is 0.316. The van der Waals surface area contributed by atoms with Gasteiger partial charge in [-0.2, -0.15) is 0 Å². The second-order valence-electron chi connectivity index (χ2n) is 2.79. The molecule has 0 saturated carbocycles. The first-order chi connectivity index (χ1) is 6.72. The fraction of sp³-hybridized carbons (Fsp3) is 0.333. The van der Waals surface area contributed by atoms with Gasteiger partial charge < -0.3 is 19.5 Å². The number of methoxy groups -OCH3 is 1. The number of ether oxygens (including phenoxy) is 2. The van der Waals surface area contributed by atoms with Gasteiger partial charge in [0.05, 0.1) is 13.7 Å². The molecule has 0 unspecified atom stereocenters. The summed E-state index contributed by atoms with van der Waals surface area (Å²) in [6.07, 6.45) is 0.200. The molecule has 76 valence electrons. The van der Waals surface area contributed by atoms with Crippen LogP contribution in [0.4, 0.5) is 0 Å². The maximum Gasteiger partial charge on any atom is 0.454 e. The van der Waals surface area contributed by atoms with Crippen molar-refractivity contribution in [3.8, 4) is 11.5 Å². The largest absolute Gasteiger partial charge is 0.497 e. The van der Waals surface area contributed by atoms with Gasteiger partial charge in [0.1, 0.15) is 11.5 Å². The summed E-state index contributed by atoms with van der Waals surface area (Å²) in [5.74, 6) is 1.45. The van der Waals surface area contributed by atoms with Crippen LogP contribution < -0.4 is 9.47 Å². The van der Waals surface area contributed by atoms with Crippen LogP contribution in [-0.2, 0) is 0 Å². The van der Waals surface area contributed by atoms with Crippen molar-refractivity contribution in [2.75, 3.05) is 13.7 Å². The summed E-state index contributed by atoms with van der Waals surface area (Å²) in [5.41, 5.74) is 0. The number of benzene rings is 1. The molecular formula is C9H13BO4. The predicted molar refractivity (Wildman–Crippen MR) is 53.5 cm³/mol. The highest BCUT2D eigenvalue weighted by Crippen LogP contribution is 2.16. The first-order valence-electron chi connectivity index (χ1n) is 4.35.